The van der Waals surface area contributed by atoms with E-state index in [1.165, 1.54) is 19.2 Å². The lowest BCUT2D eigenvalue weighted by atomic mass is 10.1. The van der Waals surface area contributed by atoms with Crippen LogP contribution in [0.15, 0.2) is 59.6 Å². The predicted molar refractivity (Wildman–Crippen MR) is 103 cm³/mol. The number of hydrogen-bond donors (Lipinski definition) is 1. The van der Waals surface area contributed by atoms with Gasteiger partial charge in [-0.15, -0.1) is 5.10 Å². The maximum Gasteiger partial charge on any atom is 0.338 e. The Hall–Kier alpha value is -3.04. The molecule has 1 heterocycles. The number of hydrogen-bond acceptors (Lipinski definition) is 6. The summed E-state index contributed by atoms with van der Waals surface area (Å²) in [6.45, 7) is 2.59. The quantitative estimate of drug-likeness (QED) is 0.609. The lowest BCUT2D eigenvalue weighted by Crippen LogP contribution is -2.18. The minimum atomic E-state index is -3.47. The van der Waals surface area contributed by atoms with Crippen LogP contribution in [0.25, 0.3) is 11.3 Å². The van der Waals surface area contributed by atoms with Gasteiger partial charge in [-0.1, -0.05) is 29.5 Å². The van der Waals surface area contributed by atoms with Crippen LogP contribution in [0, 0.1) is 0 Å². The number of esters is 1. The van der Waals surface area contributed by atoms with Crippen LogP contribution < -0.4 is 4.72 Å². The first kappa shape index (κ1) is 19.7. The molecule has 0 saturated carbocycles. The number of sulfonamides is 1. The van der Waals surface area contributed by atoms with E-state index in [1.807, 2.05) is 12.1 Å². The van der Waals surface area contributed by atoms with Gasteiger partial charge in [0.1, 0.15) is 5.69 Å². The second-order valence-corrected chi connectivity index (χ2v) is 7.84. The molecule has 1 N–H and O–H groups in total. The van der Waals surface area contributed by atoms with Gasteiger partial charge in [0.25, 0.3) is 0 Å². The fourth-order valence-corrected chi connectivity index (χ4v) is 3.31. The van der Waals surface area contributed by atoms with E-state index >= 15 is 0 Å². The highest BCUT2D eigenvalue weighted by atomic mass is 32.2. The van der Waals surface area contributed by atoms with Gasteiger partial charge >= 0.3 is 5.97 Å². The Kier molecular flexibility index (Phi) is 5.86. The van der Waals surface area contributed by atoms with Crippen LogP contribution in [0.1, 0.15) is 22.8 Å². The average molecular weight is 400 g/mol. The van der Waals surface area contributed by atoms with Crippen molar-refractivity contribution in [2.24, 2.45) is 0 Å². The van der Waals surface area contributed by atoms with Gasteiger partial charge in [-0.25, -0.2) is 22.6 Å². The van der Waals surface area contributed by atoms with Gasteiger partial charge in [0.2, 0.25) is 10.0 Å². The van der Waals surface area contributed by atoms with Crippen LogP contribution in [-0.2, 0) is 21.3 Å². The summed E-state index contributed by atoms with van der Waals surface area (Å²) >= 11 is 0. The molecule has 0 fully saturated rings. The monoisotopic (exact) mass is 400 g/mol. The Labute approximate surface area is 163 Å². The van der Waals surface area contributed by atoms with Gasteiger partial charge < -0.3 is 4.74 Å². The van der Waals surface area contributed by atoms with E-state index < -0.39 is 10.0 Å². The molecule has 9 heteroatoms. The first-order chi connectivity index (χ1) is 13.4. The molecule has 3 rings (SSSR count). The van der Waals surface area contributed by atoms with Crippen LogP contribution in [0.5, 0.6) is 0 Å². The Morgan fingerprint density at radius 3 is 2.39 bits per heavy atom. The van der Waals surface area contributed by atoms with Crippen molar-refractivity contribution < 1.29 is 17.9 Å². The SMILES string of the molecule is CCOC(=O)c1ccc(Cn2cc(-c3ccc(S(=O)(=O)NC)cc3)nn2)cc1. The van der Waals surface area contributed by atoms with Crippen molar-refractivity contribution in [1.29, 1.82) is 0 Å². The minimum absolute atomic E-state index is 0.188. The standard InChI is InChI=1S/C19H20N4O4S/c1-3-27-19(24)16-6-4-14(5-7-16)12-23-13-18(21-22-23)15-8-10-17(11-9-15)28(25,26)20-2/h4-11,13,20H,3,12H2,1-2H3. The largest absolute Gasteiger partial charge is 0.462 e. The van der Waals surface area contributed by atoms with Crippen molar-refractivity contribution in [3.05, 3.63) is 65.9 Å². The Bertz CT molecular complexity index is 1060. The molecule has 0 atom stereocenters. The smallest absolute Gasteiger partial charge is 0.338 e. The van der Waals surface area contributed by atoms with Crippen LogP contribution in [0.2, 0.25) is 0 Å². The molecular weight excluding hydrogens is 380 g/mol. The van der Waals surface area contributed by atoms with E-state index in [4.69, 9.17) is 4.74 Å². The van der Waals surface area contributed by atoms with Crippen molar-refractivity contribution >= 4 is 16.0 Å². The Balaban J connectivity index is 1.71. The van der Waals surface area contributed by atoms with Crippen LogP contribution in [0.4, 0.5) is 0 Å². The molecule has 2 aromatic carbocycles. The molecule has 0 saturated heterocycles. The van der Waals surface area contributed by atoms with E-state index in [2.05, 4.69) is 15.0 Å². The van der Waals surface area contributed by atoms with Gasteiger partial charge in [-0.3, -0.25) is 0 Å². The molecule has 28 heavy (non-hydrogen) atoms. The molecule has 0 unspecified atom stereocenters. The summed E-state index contributed by atoms with van der Waals surface area (Å²) in [7, 11) is -2.10. The first-order valence-corrected chi connectivity index (χ1v) is 10.1. The predicted octanol–water partition coefficient (Wildman–Crippen LogP) is 2.08. The van der Waals surface area contributed by atoms with Gasteiger partial charge in [0.15, 0.2) is 0 Å². The zero-order valence-electron chi connectivity index (χ0n) is 15.5. The van der Waals surface area contributed by atoms with Gasteiger partial charge in [-0.2, -0.15) is 0 Å². The zero-order chi connectivity index (χ0) is 20.1. The van der Waals surface area contributed by atoms with Crippen molar-refractivity contribution in [3.8, 4) is 11.3 Å². The normalized spacial score (nSPS) is 11.4. The number of rotatable bonds is 7. The molecule has 0 aliphatic rings. The second-order valence-electron chi connectivity index (χ2n) is 5.95. The zero-order valence-corrected chi connectivity index (χ0v) is 16.3. The second kappa shape index (κ2) is 8.32. The van der Waals surface area contributed by atoms with Crippen molar-refractivity contribution in [1.82, 2.24) is 19.7 Å². The third-order valence-corrected chi connectivity index (χ3v) is 5.51. The number of nitrogens with one attached hydrogen (secondary N) is 1. The maximum atomic E-state index is 11.8. The van der Waals surface area contributed by atoms with Crippen LogP contribution >= 0.6 is 0 Å². The van der Waals surface area contributed by atoms with E-state index in [0.29, 0.717) is 24.4 Å². The molecule has 8 nitrogen and oxygen atoms in total. The summed E-state index contributed by atoms with van der Waals surface area (Å²) in [6, 6.07) is 13.5. The fourth-order valence-electron chi connectivity index (χ4n) is 2.58. The third kappa shape index (κ3) is 4.44. The summed E-state index contributed by atoms with van der Waals surface area (Å²) in [5.74, 6) is -0.346. The summed E-state index contributed by atoms with van der Waals surface area (Å²) in [5, 5.41) is 8.25. The highest BCUT2D eigenvalue weighted by Gasteiger charge is 2.12. The number of nitrogens with zero attached hydrogens (tertiary/aromatic N) is 3. The number of carbonyl (C=O) groups excluding carboxylic acids is 1. The van der Waals surface area contributed by atoms with Crippen molar-refractivity contribution in [3.63, 3.8) is 0 Å². The molecule has 0 radical (unpaired) electrons. The molecule has 146 valence electrons. The van der Waals surface area contributed by atoms with Gasteiger partial charge in [0, 0.05) is 5.56 Å². The summed E-state index contributed by atoms with van der Waals surface area (Å²) in [4.78, 5) is 11.9. The number of carbonyl (C=O) groups is 1. The Morgan fingerprint density at radius 1 is 1.11 bits per heavy atom. The topological polar surface area (TPSA) is 103 Å². The Morgan fingerprint density at radius 2 is 1.79 bits per heavy atom. The summed E-state index contributed by atoms with van der Waals surface area (Å²) in [5.41, 5.74) is 2.86. The third-order valence-electron chi connectivity index (χ3n) is 4.08. The lowest BCUT2D eigenvalue weighted by molar-refractivity contribution is 0.0526. The fraction of sp³-hybridized carbons (Fsp3) is 0.211. The van der Waals surface area contributed by atoms with Gasteiger partial charge in [-0.05, 0) is 43.8 Å². The summed E-state index contributed by atoms with van der Waals surface area (Å²) < 4.78 is 32.5. The molecule has 0 amide bonds. The van der Waals surface area contributed by atoms with E-state index in [-0.39, 0.29) is 10.9 Å². The number of aromatic nitrogens is 3. The van der Waals surface area contributed by atoms with Crippen LogP contribution in [0.3, 0.4) is 0 Å². The van der Waals surface area contributed by atoms with E-state index in [9.17, 15) is 13.2 Å². The average Bonchev–Trinajstić information content (AvgIpc) is 3.17. The number of ether oxygens (including phenoxy) is 1. The van der Waals surface area contributed by atoms with Gasteiger partial charge in [0.05, 0.1) is 29.8 Å². The molecule has 1 aromatic heterocycles. The molecular formula is C19H20N4O4S. The van der Waals surface area contributed by atoms with Crippen molar-refractivity contribution in [2.45, 2.75) is 18.4 Å². The molecule has 3 aromatic rings. The first-order valence-electron chi connectivity index (χ1n) is 8.63. The van der Waals surface area contributed by atoms with E-state index in [1.54, 1.807) is 42.1 Å². The molecule has 0 spiro atoms. The minimum Gasteiger partial charge on any atom is -0.462 e. The van der Waals surface area contributed by atoms with Crippen LogP contribution in [-0.4, -0.2) is 43.0 Å². The summed E-state index contributed by atoms with van der Waals surface area (Å²) in [6.07, 6.45) is 1.78. The highest BCUT2D eigenvalue weighted by Crippen LogP contribution is 2.19. The lowest BCUT2D eigenvalue weighted by Gasteiger charge is -2.04. The van der Waals surface area contributed by atoms with E-state index in [0.717, 1.165) is 11.1 Å². The molecule has 0 bridgehead atoms. The molecule has 0 aliphatic heterocycles. The highest BCUT2D eigenvalue weighted by molar-refractivity contribution is 7.89. The maximum absolute atomic E-state index is 11.8. The number of benzene rings is 2. The molecule has 0 aliphatic carbocycles. The van der Waals surface area contributed by atoms with Crippen molar-refractivity contribution in [2.75, 3.05) is 13.7 Å².